The standard InChI is InChI=1S/C26H31N3O4Si/c1-18-23(30)21(17-32-25(2,3)4)33-26(18,29-16-15-22(27)28-24(29)31)34(19-11-7-5-8-12-19)20-13-9-6-10-14-20/h5-16,21,23,30,34H,1,17H2,2-4H3,(H2,27,28,31)/t21-,23+,26+/m1/s1. The van der Waals surface area contributed by atoms with Crippen LogP contribution in [0.2, 0.25) is 0 Å². The Morgan fingerprint density at radius 3 is 2.18 bits per heavy atom. The first-order chi connectivity index (χ1) is 16.1. The van der Waals surface area contributed by atoms with E-state index in [0.717, 1.165) is 10.4 Å². The van der Waals surface area contributed by atoms with Gasteiger partial charge < -0.3 is 20.3 Å². The zero-order chi connectivity index (χ0) is 24.5. The molecule has 1 aliphatic heterocycles. The summed E-state index contributed by atoms with van der Waals surface area (Å²) in [7, 11) is -2.47. The highest BCUT2D eigenvalue weighted by Crippen LogP contribution is 2.41. The molecule has 1 aliphatic rings. The Kier molecular flexibility index (Phi) is 6.59. The van der Waals surface area contributed by atoms with E-state index < -0.39 is 37.6 Å². The first kappa shape index (κ1) is 24.1. The van der Waals surface area contributed by atoms with E-state index in [1.165, 1.54) is 4.57 Å². The molecular formula is C26H31N3O4Si. The van der Waals surface area contributed by atoms with Gasteiger partial charge in [-0.2, -0.15) is 4.98 Å². The molecule has 3 aromatic rings. The number of anilines is 1. The third kappa shape index (κ3) is 4.50. The number of nitrogen functional groups attached to an aromatic ring is 1. The van der Waals surface area contributed by atoms with E-state index in [0.29, 0.717) is 5.57 Å². The predicted octanol–water partition coefficient (Wildman–Crippen LogP) is 1.19. The molecule has 0 unspecified atom stereocenters. The number of rotatable bonds is 6. The number of aliphatic hydroxyl groups excluding tert-OH is 1. The third-order valence-electron chi connectivity index (χ3n) is 6.02. The van der Waals surface area contributed by atoms with Gasteiger partial charge in [-0.25, -0.2) is 4.79 Å². The second kappa shape index (κ2) is 9.30. The van der Waals surface area contributed by atoms with Crippen molar-refractivity contribution in [2.45, 2.75) is 43.9 Å². The molecule has 1 fully saturated rings. The molecule has 3 N–H and O–H groups in total. The molecule has 178 valence electrons. The molecule has 0 aliphatic carbocycles. The first-order valence-electron chi connectivity index (χ1n) is 11.3. The van der Waals surface area contributed by atoms with Crippen molar-refractivity contribution >= 4 is 25.0 Å². The molecule has 34 heavy (non-hydrogen) atoms. The summed E-state index contributed by atoms with van der Waals surface area (Å²) in [6.07, 6.45) is -0.158. The largest absolute Gasteiger partial charge is 0.386 e. The first-order valence-corrected chi connectivity index (χ1v) is 13.0. The van der Waals surface area contributed by atoms with E-state index >= 15 is 0 Å². The van der Waals surface area contributed by atoms with Gasteiger partial charge in [0.05, 0.1) is 12.2 Å². The van der Waals surface area contributed by atoms with Crippen molar-refractivity contribution in [2.24, 2.45) is 0 Å². The Balaban J connectivity index is 1.96. The minimum absolute atomic E-state index is 0.116. The molecule has 7 nitrogen and oxygen atoms in total. The van der Waals surface area contributed by atoms with Gasteiger partial charge in [-0.3, -0.25) is 4.57 Å². The van der Waals surface area contributed by atoms with Crippen molar-refractivity contribution in [1.82, 2.24) is 9.55 Å². The van der Waals surface area contributed by atoms with Crippen molar-refractivity contribution in [3.8, 4) is 0 Å². The Bertz CT molecular complexity index is 1170. The summed E-state index contributed by atoms with van der Waals surface area (Å²) in [6.45, 7) is 10.2. The molecule has 0 radical (unpaired) electrons. The fourth-order valence-corrected chi connectivity index (χ4v) is 8.30. The van der Waals surface area contributed by atoms with Crippen LogP contribution >= 0.6 is 0 Å². The normalized spacial score (nSPS) is 22.9. The highest BCUT2D eigenvalue weighted by atomic mass is 28.3. The molecule has 2 heterocycles. The van der Waals surface area contributed by atoms with Gasteiger partial charge in [0.15, 0.2) is 14.1 Å². The van der Waals surface area contributed by atoms with Crippen LogP contribution in [-0.4, -0.2) is 47.9 Å². The van der Waals surface area contributed by atoms with Crippen LogP contribution in [0, 0.1) is 0 Å². The molecule has 0 spiro atoms. The van der Waals surface area contributed by atoms with Crippen molar-refractivity contribution in [3.63, 3.8) is 0 Å². The molecule has 1 aromatic heterocycles. The van der Waals surface area contributed by atoms with Crippen LogP contribution in [0.4, 0.5) is 5.82 Å². The zero-order valence-corrected chi connectivity index (χ0v) is 20.9. The maximum atomic E-state index is 13.2. The lowest BCUT2D eigenvalue weighted by atomic mass is 10.1. The Labute approximate surface area is 201 Å². The monoisotopic (exact) mass is 477 g/mol. The number of aliphatic hydroxyl groups is 1. The van der Waals surface area contributed by atoms with Crippen molar-refractivity contribution in [2.75, 3.05) is 12.3 Å². The molecule has 3 atom stereocenters. The van der Waals surface area contributed by atoms with Gasteiger partial charge in [0.1, 0.15) is 18.0 Å². The molecule has 8 heteroatoms. The molecular weight excluding hydrogens is 446 g/mol. The van der Waals surface area contributed by atoms with Gasteiger partial charge in [0, 0.05) is 11.8 Å². The lowest BCUT2D eigenvalue weighted by Crippen LogP contribution is -2.64. The van der Waals surface area contributed by atoms with E-state index in [9.17, 15) is 9.90 Å². The maximum absolute atomic E-state index is 13.2. The Morgan fingerprint density at radius 1 is 1.12 bits per heavy atom. The average molecular weight is 478 g/mol. The van der Waals surface area contributed by atoms with Crippen molar-refractivity contribution in [3.05, 3.63) is 95.6 Å². The van der Waals surface area contributed by atoms with Gasteiger partial charge in [-0.1, -0.05) is 77.6 Å². The van der Waals surface area contributed by atoms with Crippen LogP contribution in [0.1, 0.15) is 20.8 Å². The second-order valence-electron chi connectivity index (χ2n) is 9.51. The Morgan fingerprint density at radius 2 is 1.68 bits per heavy atom. The predicted molar refractivity (Wildman–Crippen MR) is 136 cm³/mol. The van der Waals surface area contributed by atoms with Crippen molar-refractivity contribution in [1.29, 1.82) is 0 Å². The van der Waals surface area contributed by atoms with E-state index in [-0.39, 0.29) is 12.4 Å². The average Bonchev–Trinajstić information content (AvgIpc) is 3.05. The fourth-order valence-electron chi connectivity index (χ4n) is 4.47. The van der Waals surface area contributed by atoms with E-state index in [1.807, 2.05) is 81.4 Å². The molecule has 0 amide bonds. The molecule has 4 rings (SSSR count). The number of nitrogens with two attached hydrogens (primary N) is 1. The number of hydrogen-bond donors (Lipinski definition) is 2. The quantitative estimate of drug-likeness (QED) is 0.409. The Hall–Kier alpha value is -3.04. The van der Waals surface area contributed by atoms with Crippen LogP contribution in [-0.2, 0) is 14.8 Å². The molecule has 2 aromatic carbocycles. The molecule has 1 saturated heterocycles. The van der Waals surface area contributed by atoms with E-state index in [4.69, 9.17) is 15.2 Å². The second-order valence-corrected chi connectivity index (χ2v) is 12.5. The minimum Gasteiger partial charge on any atom is -0.386 e. The molecule has 0 bridgehead atoms. The smallest absolute Gasteiger partial charge is 0.351 e. The van der Waals surface area contributed by atoms with Gasteiger partial charge >= 0.3 is 5.69 Å². The maximum Gasteiger partial charge on any atom is 0.351 e. The summed E-state index contributed by atoms with van der Waals surface area (Å²) in [5, 5.41) is 12.0. The topological polar surface area (TPSA) is 99.6 Å². The van der Waals surface area contributed by atoms with Crippen LogP contribution in [0.3, 0.4) is 0 Å². The third-order valence-corrected chi connectivity index (χ3v) is 9.69. The number of benzene rings is 2. The number of aromatic nitrogens is 2. The van der Waals surface area contributed by atoms with Crippen LogP contribution in [0.15, 0.2) is 89.9 Å². The minimum atomic E-state index is -2.47. The lowest BCUT2D eigenvalue weighted by Gasteiger charge is -2.39. The zero-order valence-electron chi connectivity index (χ0n) is 19.7. The summed E-state index contributed by atoms with van der Waals surface area (Å²) >= 11 is 0. The number of ether oxygens (including phenoxy) is 2. The summed E-state index contributed by atoms with van der Waals surface area (Å²) in [4.78, 5) is 17.2. The van der Waals surface area contributed by atoms with Crippen LogP contribution < -0.4 is 21.8 Å². The lowest BCUT2D eigenvalue weighted by molar-refractivity contribution is -0.112. The van der Waals surface area contributed by atoms with Crippen molar-refractivity contribution < 1.29 is 14.6 Å². The van der Waals surface area contributed by atoms with E-state index in [1.54, 1.807) is 12.3 Å². The van der Waals surface area contributed by atoms with Crippen LogP contribution in [0.5, 0.6) is 0 Å². The highest BCUT2D eigenvalue weighted by Gasteiger charge is 2.57. The summed E-state index contributed by atoms with van der Waals surface area (Å²) in [6, 6.07) is 21.4. The summed E-state index contributed by atoms with van der Waals surface area (Å²) in [5.74, 6) is 0.116. The van der Waals surface area contributed by atoms with Gasteiger partial charge in [-0.15, -0.1) is 0 Å². The van der Waals surface area contributed by atoms with Gasteiger partial charge in [0.2, 0.25) is 0 Å². The van der Waals surface area contributed by atoms with Gasteiger partial charge in [0.25, 0.3) is 0 Å². The summed E-state index contributed by atoms with van der Waals surface area (Å²) < 4.78 is 14.1. The molecule has 0 saturated carbocycles. The highest BCUT2D eigenvalue weighted by molar-refractivity contribution is 6.87. The SMILES string of the molecule is C=C1[C@H](O)[C@@H](COC(C)(C)C)O[C@]1(n1ccc(N)nc1=O)[SiH](c1ccccc1)c1ccccc1. The summed E-state index contributed by atoms with van der Waals surface area (Å²) in [5.41, 5.74) is 5.23. The fraction of sp³-hybridized carbons (Fsp3) is 0.308. The van der Waals surface area contributed by atoms with E-state index in [2.05, 4.69) is 11.6 Å². The van der Waals surface area contributed by atoms with Gasteiger partial charge in [-0.05, 0) is 26.8 Å². The number of hydrogen-bond acceptors (Lipinski definition) is 6. The number of nitrogens with zero attached hydrogens (tertiary/aromatic N) is 2. The van der Waals surface area contributed by atoms with Crippen LogP contribution in [0.25, 0.3) is 0 Å².